The summed E-state index contributed by atoms with van der Waals surface area (Å²) in [7, 11) is 0. The van der Waals surface area contributed by atoms with E-state index in [0.29, 0.717) is 12.4 Å². The van der Waals surface area contributed by atoms with Crippen LogP contribution in [0.3, 0.4) is 0 Å². The van der Waals surface area contributed by atoms with Crippen LogP contribution in [0.15, 0.2) is 36.7 Å². The first-order chi connectivity index (χ1) is 8.33. The van der Waals surface area contributed by atoms with Crippen molar-refractivity contribution in [2.24, 2.45) is 0 Å². The van der Waals surface area contributed by atoms with Crippen LogP contribution in [0.2, 0.25) is 0 Å². The van der Waals surface area contributed by atoms with E-state index in [1.807, 2.05) is 42.0 Å². The fourth-order valence-electron chi connectivity index (χ4n) is 1.60. The van der Waals surface area contributed by atoms with Crippen LogP contribution in [0.5, 0.6) is 11.8 Å². The molecule has 0 unspecified atom stereocenters. The molecule has 0 spiro atoms. The van der Waals surface area contributed by atoms with Gasteiger partial charge in [-0.3, -0.25) is 0 Å². The molecule has 17 heavy (non-hydrogen) atoms. The molecule has 1 N–H and O–H groups in total. The van der Waals surface area contributed by atoms with E-state index in [0.717, 1.165) is 17.9 Å². The van der Waals surface area contributed by atoms with Crippen molar-refractivity contribution in [3.63, 3.8) is 0 Å². The Morgan fingerprint density at radius 3 is 2.71 bits per heavy atom. The van der Waals surface area contributed by atoms with Crippen LogP contribution >= 0.6 is 0 Å². The second-order valence-electron chi connectivity index (χ2n) is 3.72. The molecule has 4 nitrogen and oxygen atoms in total. The Balaban J connectivity index is 2.08. The molecule has 1 aromatic heterocycles. The van der Waals surface area contributed by atoms with Gasteiger partial charge in [-0.2, -0.15) is 0 Å². The zero-order valence-corrected chi connectivity index (χ0v) is 9.84. The molecule has 90 valence electrons. The summed E-state index contributed by atoms with van der Waals surface area (Å²) in [5.74, 6) is 0.757. The fourth-order valence-corrected chi connectivity index (χ4v) is 1.60. The van der Waals surface area contributed by atoms with E-state index in [-0.39, 0.29) is 6.61 Å². The van der Waals surface area contributed by atoms with Crippen molar-refractivity contribution in [1.29, 1.82) is 0 Å². The number of benzene rings is 1. The summed E-state index contributed by atoms with van der Waals surface area (Å²) in [4.78, 5) is 4.14. The molecular weight excluding hydrogens is 216 g/mol. The number of ether oxygens (including phenoxy) is 1. The summed E-state index contributed by atoms with van der Waals surface area (Å²) in [5.41, 5.74) is 1.10. The molecular formula is C13H16N2O2. The average Bonchev–Trinajstić information content (AvgIpc) is 2.79. The highest BCUT2D eigenvalue weighted by Crippen LogP contribution is 2.20. The van der Waals surface area contributed by atoms with Gasteiger partial charge in [0.05, 0.1) is 0 Å². The van der Waals surface area contributed by atoms with E-state index in [9.17, 15) is 0 Å². The summed E-state index contributed by atoms with van der Waals surface area (Å²) in [6.07, 6.45) is 4.28. The molecule has 0 saturated heterocycles. The first kappa shape index (κ1) is 11.7. The minimum absolute atomic E-state index is 0.167. The molecule has 0 fully saturated rings. The third kappa shape index (κ3) is 2.85. The number of nitrogens with zero attached hydrogens (tertiary/aromatic N) is 2. The Hall–Kier alpha value is -1.81. The lowest BCUT2D eigenvalue weighted by molar-refractivity contribution is 0.299. The minimum atomic E-state index is 0.167. The molecule has 2 aromatic rings. The zero-order valence-electron chi connectivity index (χ0n) is 9.84. The van der Waals surface area contributed by atoms with Crippen LogP contribution in [-0.4, -0.2) is 21.3 Å². The van der Waals surface area contributed by atoms with Crippen LogP contribution in [-0.2, 0) is 13.0 Å². The Morgan fingerprint density at radius 2 is 2.06 bits per heavy atom. The maximum Gasteiger partial charge on any atom is 0.301 e. The number of hydrogen-bond acceptors (Lipinski definition) is 3. The monoisotopic (exact) mass is 232 g/mol. The zero-order chi connectivity index (χ0) is 12.1. The van der Waals surface area contributed by atoms with Crippen molar-refractivity contribution >= 4 is 0 Å². The molecule has 0 aliphatic rings. The van der Waals surface area contributed by atoms with Gasteiger partial charge in [-0.1, -0.05) is 12.1 Å². The van der Waals surface area contributed by atoms with Crippen molar-refractivity contribution in [3.8, 4) is 11.8 Å². The normalized spacial score (nSPS) is 10.5. The molecule has 0 radical (unpaired) electrons. The topological polar surface area (TPSA) is 47.3 Å². The number of rotatable bonds is 5. The molecule has 0 bridgehead atoms. The molecule has 2 rings (SSSR count). The van der Waals surface area contributed by atoms with Crippen LogP contribution < -0.4 is 4.74 Å². The number of aryl methyl sites for hydroxylation is 1. The third-order valence-electron chi connectivity index (χ3n) is 2.55. The SMILES string of the molecule is CCn1ccnc1Oc1ccc(CCO)cc1. The molecule has 0 saturated carbocycles. The highest BCUT2D eigenvalue weighted by molar-refractivity contribution is 5.29. The van der Waals surface area contributed by atoms with E-state index < -0.39 is 0 Å². The quantitative estimate of drug-likeness (QED) is 0.860. The second kappa shape index (κ2) is 5.50. The lowest BCUT2D eigenvalue weighted by Crippen LogP contribution is -1.97. The molecule has 0 atom stereocenters. The Morgan fingerprint density at radius 1 is 1.29 bits per heavy atom. The summed E-state index contributed by atoms with van der Waals surface area (Å²) in [5, 5.41) is 8.82. The van der Waals surface area contributed by atoms with Crippen molar-refractivity contribution in [2.75, 3.05) is 6.61 Å². The largest absolute Gasteiger partial charge is 0.426 e. The second-order valence-corrected chi connectivity index (χ2v) is 3.72. The van der Waals surface area contributed by atoms with Crippen molar-refractivity contribution in [1.82, 2.24) is 9.55 Å². The van der Waals surface area contributed by atoms with E-state index in [1.165, 1.54) is 0 Å². The van der Waals surface area contributed by atoms with Crippen LogP contribution in [0.4, 0.5) is 0 Å². The van der Waals surface area contributed by atoms with E-state index >= 15 is 0 Å². The number of aromatic nitrogens is 2. The highest BCUT2D eigenvalue weighted by atomic mass is 16.5. The third-order valence-corrected chi connectivity index (χ3v) is 2.55. The Labute approximate surface area is 100 Å². The van der Waals surface area contributed by atoms with Gasteiger partial charge < -0.3 is 14.4 Å². The molecule has 0 amide bonds. The predicted molar refractivity (Wildman–Crippen MR) is 65.2 cm³/mol. The Kier molecular flexibility index (Phi) is 3.77. The van der Waals surface area contributed by atoms with Gasteiger partial charge in [0.1, 0.15) is 5.75 Å². The van der Waals surface area contributed by atoms with Gasteiger partial charge in [-0.05, 0) is 31.0 Å². The van der Waals surface area contributed by atoms with Crippen molar-refractivity contribution in [3.05, 3.63) is 42.2 Å². The van der Waals surface area contributed by atoms with Crippen LogP contribution in [0, 0.1) is 0 Å². The summed E-state index contributed by atoms with van der Waals surface area (Å²) in [6.45, 7) is 3.04. The van der Waals surface area contributed by atoms with Gasteiger partial charge in [0.15, 0.2) is 0 Å². The summed E-state index contributed by atoms with van der Waals surface area (Å²) >= 11 is 0. The number of aliphatic hydroxyl groups excluding tert-OH is 1. The molecule has 0 aliphatic carbocycles. The molecule has 1 aromatic carbocycles. The maximum absolute atomic E-state index is 8.82. The van der Waals surface area contributed by atoms with E-state index in [1.54, 1.807) is 6.20 Å². The first-order valence-electron chi connectivity index (χ1n) is 5.72. The minimum Gasteiger partial charge on any atom is -0.426 e. The lowest BCUT2D eigenvalue weighted by Gasteiger charge is -2.07. The fraction of sp³-hybridized carbons (Fsp3) is 0.308. The molecule has 0 aliphatic heterocycles. The summed E-state index contributed by atoms with van der Waals surface area (Å²) in [6, 6.07) is 8.27. The van der Waals surface area contributed by atoms with Gasteiger partial charge in [-0.15, -0.1) is 0 Å². The lowest BCUT2D eigenvalue weighted by atomic mass is 10.1. The smallest absolute Gasteiger partial charge is 0.301 e. The maximum atomic E-state index is 8.82. The van der Waals surface area contributed by atoms with Gasteiger partial charge in [0.25, 0.3) is 0 Å². The number of imidazole rings is 1. The Bertz CT molecular complexity index is 463. The highest BCUT2D eigenvalue weighted by Gasteiger charge is 2.03. The van der Waals surface area contributed by atoms with Gasteiger partial charge in [-0.25, -0.2) is 4.98 Å². The standard InChI is InChI=1S/C13H16N2O2/c1-2-15-9-8-14-13(15)17-12-5-3-11(4-6-12)7-10-16/h3-6,8-9,16H,2,7,10H2,1H3. The van der Waals surface area contributed by atoms with Gasteiger partial charge >= 0.3 is 6.01 Å². The molecule has 4 heteroatoms. The summed E-state index contributed by atoms with van der Waals surface area (Å²) < 4.78 is 7.60. The van der Waals surface area contributed by atoms with Crippen molar-refractivity contribution in [2.45, 2.75) is 19.9 Å². The predicted octanol–water partition coefficient (Wildman–Crippen LogP) is 2.23. The van der Waals surface area contributed by atoms with Crippen LogP contribution in [0.25, 0.3) is 0 Å². The van der Waals surface area contributed by atoms with Gasteiger partial charge in [0.2, 0.25) is 0 Å². The van der Waals surface area contributed by atoms with E-state index in [4.69, 9.17) is 9.84 Å². The number of hydrogen-bond donors (Lipinski definition) is 1. The average molecular weight is 232 g/mol. The molecule has 1 heterocycles. The first-order valence-corrected chi connectivity index (χ1v) is 5.72. The number of aliphatic hydroxyl groups is 1. The van der Waals surface area contributed by atoms with Gasteiger partial charge in [0, 0.05) is 25.5 Å². The van der Waals surface area contributed by atoms with E-state index in [2.05, 4.69) is 4.98 Å². The van der Waals surface area contributed by atoms with Crippen molar-refractivity contribution < 1.29 is 9.84 Å². The van der Waals surface area contributed by atoms with Crippen LogP contribution in [0.1, 0.15) is 12.5 Å².